The van der Waals surface area contributed by atoms with Gasteiger partial charge in [0.25, 0.3) is 0 Å². The standard InChI is InChI=1S/C18H20/c1-4-6-16-11-12-18(13-15(16)5-2)17-9-7-14(3)8-10-17/h4,6-13H,5H2,1-3H3/b6-4-. The van der Waals surface area contributed by atoms with Crippen molar-refractivity contribution in [3.05, 3.63) is 65.2 Å². The molecule has 0 saturated heterocycles. The Labute approximate surface area is 110 Å². The lowest BCUT2D eigenvalue weighted by Gasteiger charge is -2.08. The Morgan fingerprint density at radius 3 is 2.22 bits per heavy atom. The lowest BCUT2D eigenvalue weighted by molar-refractivity contribution is 1.13. The number of rotatable bonds is 3. The summed E-state index contributed by atoms with van der Waals surface area (Å²) in [6, 6.07) is 15.5. The van der Waals surface area contributed by atoms with Crippen LogP contribution in [0.5, 0.6) is 0 Å². The SMILES string of the molecule is C/C=C\c1ccc(-c2ccc(C)cc2)cc1CC. The van der Waals surface area contributed by atoms with Crippen LogP contribution in [0.1, 0.15) is 30.5 Å². The van der Waals surface area contributed by atoms with Gasteiger partial charge in [0.05, 0.1) is 0 Å². The minimum Gasteiger partial charge on any atom is -0.0871 e. The van der Waals surface area contributed by atoms with Gasteiger partial charge in [-0.05, 0) is 42.5 Å². The molecule has 0 aromatic heterocycles. The molecule has 0 aliphatic rings. The van der Waals surface area contributed by atoms with Crippen molar-refractivity contribution in [1.82, 2.24) is 0 Å². The third-order valence-corrected chi connectivity index (χ3v) is 3.25. The fourth-order valence-electron chi connectivity index (χ4n) is 2.18. The number of benzene rings is 2. The number of allylic oxidation sites excluding steroid dienone is 1. The van der Waals surface area contributed by atoms with Crippen LogP contribution in [0.3, 0.4) is 0 Å². The van der Waals surface area contributed by atoms with Gasteiger partial charge in [-0.3, -0.25) is 0 Å². The van der Waals surface area contributed by atoms with Gasteiger partial charge < -0.3 is 0 Å². The summed E-state index contributed by atoms with van der Waals surface area (Å²) in [5, 5.41) is 0. The first-order chi connectivity index (χ1) is 8.74. The Kier molecular flexibility index (Phi) is 3.99. The van der Waals surface area contributed by atoms with E-state index >= 15 is 0 Å². The van der Waals surface area contributed by atoms with E-state index in [9.17, 15) is 0 Å². The summed E-state index contributed by atoms with van der Waals surface area (Å²) < 4.78 is 0. The molecule has 0 heterocycles. The topological polar surface area (TPSA) is 0 Å². The molecule has 0 aliphatic carbocycles. The van der Waals surface area contributed by atoms with E-state index in [1.165, 1.54) is 27.8 Å². The fraction of sp³-hybridized carbons (Fsp3) is 0.222. The first-order valence-corrected chi connectivity index (χ1v) is 6.57. The van der Waals surface area contributed by atoms with Gasteiger partial charge in [-0.25, -0.2) is 0 Å². The van der Waals surface area contributed by atoms with E-state index in [0.29, 0.717) is 0 Å². The van der Waals surface area contributed by atoms with Crippen LogP contribution in [-0.4, -0.2) is 0 Å². The van der Waals surface area contributed by atoms with Gasteiger partial charge in [0.15, 0.2) is 0 Å². The highest BCUT2D eigenvalue weighted by Crippen LogP contribution is 2.24. The van der Waals surface area contributed by atoms with Gasteiger partial charge in [0.2, 0.25) is 0 Å². The first kappa shape index (κ1) is 12.6. The summed E-state index contributed by atoms with van der Waals surface area (Å²) in [6.07, 6.45) is 5.34. The van der Waals surface area contributed by atoms with Crippen LogP contribution < -0.4 is 0 Å². The van der Waals surface area contributed by atoms with Gasteiger partial charge in [0.1, 0.15) is 0 Å². The molecule has 0 N–H and O–H groups in total. The zero-order valence-electron chi connectivity index (χ0n) is 11.4. The highest BCUT2D eigenvalue weighted by molar-refractivity contribution is 5.68. The third-order valence-electron chi connectivity index (χ3n) is 3.25. The van der Waals surface area contributed by atoms with E-state index in [-0.39, 0.29) is 0 Å². The Morgan fingerprint density at radius 2 is 1.61 bits per heavy atom. The summed E-state index contributed by atoms with van der Waals surface area (Å²) in [4.78, 5) is 0. The summed E-state index contributed by atoms with van der Waals surface area (Å²) in [5.41, 5.74) is 6.64. The van der Waals surface area contributed by atoms with E-state index in [2.05, 4.69) is 75.4 Å². The Bertz CT molecular complexity index is 545. The van der Waals surface area contributed by atoms with Crippen molar-refractivity contribution in [2.24, 2.45) is 0 Å². The molecule has 0 aliphatic heterocycles. The molecule has 0 bridgehead atoms. The van der Waals surface area contributed by atoms with Crippen molar-refractivity contribution in [3.63, 3.8) is 0 Å². The lowest BCUT2D eigenvalue weighted by Crippen LogP contribution is -1.88. The number of hydrogen-bond donors (Lipinski definition) is 0. The van der Waals surface area contributed by atoms with E-state index in [4.69, 9.17) is 0 Å². The van der Waals surface area contributed by atoms with Crippen molar-refractivity contribution in [1.29, 1.82) is 0 Å². The van der Waals surface area contributed by atoms with Gasteiger partial charge in [-0.1, -0.05) is 67.1 Å². The van der Waals surface area contributed by atoms with Crippen LogP contribution >= 0.6 is 0 Å². The predicted octanol–water partition coefficient (Wildman–Crippen LogP) is 5.26. The predicted molar refractivity (Wildman–Crippen MR) is 80.7 cm³/mol. The van der Waals surface area contributed by atoms with Crippen LogP contribution in [0.25, 0.3) is 17.2 Å². The largest absolute Gasteiger partial charge is 0.0871 e. The maximum absolute atomic E-state index is 2.31. The lowest BCUT2D eigenvalue weighted by atomic mass is 9.97. The molecule has 2 aromatic rings. The normalized spacial score (nSPS) is 11.1. The second-order valence-electron chi connectivity index (χ2n) is 4.63. The van der Waals surface area contributed by atoms with Crippen molar-refractivity contribution in [2.45, 2.75) is 27.2 Å². The molecular weight excluding hydrogens is 216 g/mol. The summed E-state index contributed by atoms with van der Waals surface area (Å²) in [5.74, 6) is 0. The minimum atomic E-state index is 1.07. The molecule has 2 aromatic carbocycles. The highest BCUT2D eigenvalue weighted by Gasteiger charge is 2.02. The van der Waals surface area contributed by atoms with Crippen LogP contribution in [0.2, 0.25) is 0 Å². The average Bonchev–Trinajstić information content (AvgIpc) is 2.40. The molecule has 0 spiro atoms. The Hall–Kier alpha value is -1.82. The van der Waals surface area contributed by atoms with E-state index in [1.54, 1.807) is 0 Å². The Morgan fingerprint density at radius 1 is 0.944 bits per heavy atom. The van der Waals surface area contributed by atoms with E-state index in [1.807, 2.05) is 0 Å². The molecule has 0 atom stereocenters. The molecular formula is C18H20. The van der Waals surface area contributed by atoms with Crippen molar-refractivity contribution < 1.29 is 0 Å². The molecule has 18 heavy (non-hydrogen) atoms. The highest BCUT2D eigenvalue weighted by atomic mass is 14.1. The maximum Gasteiger partial charge on any atom is -0.0181 e. The molecule has 0 fully saturated rings. The molecule has 92 valence electrons. The second-order valence-corrected chi connectivity index (χ2v) is 4.63. The molecule has 0 nitrogen and oxygen atoms in total. The van der Waals surface area contributed by atoms with Crippen molar-refractivity contribution in [3.8, 4) is 11.1 Å². The average molecular weight is 236 g/mol. The zero-order chi connectivity index (χ0) is 13.0. The van der Waals surface area contributed by atoms with Gasteiger partial charge in [-0.15, -0.1) is 0 Å². The summed E-state index contributed by atoms with van der Waals surface area (Å²) in [7, 11) is 0. The molecule has 0 saturated carbocycles. The monoisotopic (exact) mass is 236 g/mol. The van der Waals surface area contributed by atoms with Crippen LogP contribution in [0, 0.1) is 6.92 Å². The van der Waals surface area contributed by atoms with Gasteiger partial charge in [-0.2, -0.15) is 0 Å². The summed E-state index contributed by atoms with van der Waals surface area (Å²) >= 11 is 0. The second kappa shape index (κ2) is 5.68. The molecule has 2 rings (SSSR count). The van der Waals surface area contributed by atoms with E-state index in [0.717, 1.165) is 6.42 Å². The number of aryl methyl sites for hydroxylation is 2. The number of hydrogen-bond acceptors (Lipinski definition) is 0. The van der Waals surface area contributed by atoms with Crippen molar-refractivity contribution >= 4 is 6.08 Å². The van der Waals surface area contributed by atoms with Gasteiger partial charge >= 0.3 is 0 Å². The molecule has 0 unspecified atom stereocenters. The third kappa shape index (κ3) is 2.70. The first-order valence-electron chi connectivity index (χ1n) is 6.57. The zero-order valence-corrected chi connectivity index (χ0v) is 11.4. The van der Waals surface area contributed by atoms with Gasteiger partial charge in [0, 0.05) is 0 Å². The van der Waals surface area contributed by atoms with Crippen molar-refractivity contribution in [2.75, 3.05) is 0 Å². The fourth-order valence-corrected chi connectivity index (χ4v) is 2.18. The molecule has 0 radical (unpaired) electrons. The van der Waals surface area contributed by atoms with E-state index < -0.39 is 0 Å². The maximum atomic E-state index is 2.31. The molecule has 0 amide bonds. The summed E-state index contributed by atoms with van der Waals surface area (Å²) in [6.45, 7) is 6.39. The van der Waals surface area contributed by atoms with Crippen LogP contribution in [-0.2, 0) is 6.42 Å². The Balaban J connectivity index is 2.43. The van der Waals surface area contributed by atoms with Crippen LogP contribution in [0.15, 0.2) is 48.5 Å². The van der Waals surface area contributed by atoms with Crippen LogP contribution in [0.4, 0.5) is 0 Å². The smallest absolute Gasteiger partial charge is 0.0181 e. The quantitative estimate of drug-likeness (QED) is 0.682. The minimum absolute atomic E-state index is 1.07. The molecule has 0 heteroatoms.